The van der Waals surface area contributed by atoms with Gasteiger partial charge in [-0.15, -0.1) is 0 Å². The summed E-state index contributed by atoms with van der Waals surface area (Å²) in [4.78, 5) is 36.4. The summed E-state index contributed by atoms with van der Waals surface area (Å²) in [6.07, 6.45) is 4.70. The maximum Gasteiger partial charge on any atom is 0.346 e. The van der Waals surface area contributed by atoms with Crippen molar-refractivity contribution in [2.75, 3.05) is 7.11 Å². The number of hydrogen-bond acceptors (Lipinski definition) is 10. The van der Waals surface area contributed by atoms with Crippen LogP contribution >= 0.6 is 0 Å². The minimum atomic E-state index is -0.985. The molecule has 0 aliphatic rings. The van der Waals surface area contributed by atoms with E-state index in [1.807, 2.05) is 0 Å². The minimum Gasteiger partial charge on any atom is -0.504 e. The fourth-order valence-electron chi connectivity index (χ4n) is 2.82. The van der Waals surface area contributed by atoms with Crippen molar-refractivity contribution in [3.63, 3.8) is 0 Å². The van der Waals surface area contributed by atoms with Crippen LogP contribution in [-0.2, 0) is 14.3 Å². The second-order valence-electron chi connectivity index (χ2n) is 7.16. The van der Waals surface area contributed by atoms with Crippen molar-refractivity contribution in [3.05, 3.63) is 83.4 Å². The molecule has 10 heteroatoms. The fraction of sp³-hybridized carbons (Fsp3) is 0.0385. The highest BCUT2D eigenvalue weighted by molar-refractivity contribution is 6.01. The monoisotopic (exact) mass is 492 g/mol. The number of esters is 3. The molecule has 184 valence electrons. The third-order valence-electron chi connectivity index (χ3n) is 4.63. The molecule has 0 bridgehead atoms. The number of benzene rings is 3. The number of carbonyl (C=O) groups excluding carboxylic acids is 3. The van der Waals surface area contributed by atoms with E-state index in [0.717, 1.165) is 12.2 Å². The van der Waals surface area contributed by atoms with Crippen molar-refractivity contribution in [3.8, 4) is 34.5 Å². The third-order valence-corrected chi connectivity index (χ3v) is 4.63. The molecule has 10 nitrogen and oxygen atoms in total. The van der Waals surface area contributed by atoms with Gasteiger partial charge in [-0.25, -0.2) is 14.4 Å². The summed E-state index contributed by atoms with van der Waals surface area (Å²) >= 11 is 0. The lowest BCUT2D eigenvalue weighted by atomic mass is 10.2. The summed E-state index contributed by atoms with van der Waals surface area (Å²) in [5, 5.41) is 37.6. The number of phenolic OH excluding ortho intramolecular Hbond substituents is 4. The summed E-state index contributed by atoms with van der Waals surface area (Å²) in [7, 11) is 1.29. The van der Waals surface area contributed by atoms with Gasteiger partial charge in [0.1, 0.15) is 0 Å². The van der Waals surface area contributed by atoms with Gasteiger partial charge < -0.3 is 34.6 Å². The number of ether oxygens (including phenoxy) is 3. The van der Waals surface area contributed by atoms with E-state index in [-0.39, 0.29) is 40.1 Å². The molecule has 0 spiro atoms. The van der Waals surface area contributed by atoms with Gasteiger partial charge in [0, 0.05) is 12.2 Å². The molecule has 3 rings (SSSR count). The summed E-state index contributed by atoms with van der Waals surface area (Å²) < 4.78 is 15.1. The maximum absolute atomic E-state index is 12.3. The van der Waals surface area contributed by atoms with Crippen LogP contribution in [0.25, 0.3) is 12.2 Å². The van der Waals surface area contributed by atoms with Gasteiger partial charge in [0.15, 0.2) is 34.5 Å². The van der Waals surface area contributed by atoms with Crippen LogP contribution < -0.4 is 9.47 Å². The number of methoxy groups -OCH3 is 1. The second kappa shape index (κ2) is 11.3. The number of carbonyl (C=O) groups is 3. The first-order valence-corrected chi connectivity index (χ1v) is 10.2. The molecule has 0 aliphatic carbocycles. The normalized spacial score (nSPS) is 10.9. The number of phenols is 4. The van der Waals surface area contributed by atoms with Crippen LogP contribution in [0.1, 0.15) is 21.5 Å². The smallest absolute Gasteiger partial charge is 0.346 e. The standard InChI is InChI=1S/C26H20O10/c1-34-23-14-17(26(33)36-25(32)11-5-16-3-8-19(28)21(30)13-16)6-9-22(23)35-24(31)10-4-15-2-7-18(27)20(29)12-15/h2-14,27-30H,1H3/b10-4+,11-5+. The Balaban J connectivity index is 1.63. The minimum absolute atomic E-state index is 0.00406. The highest BCUT2D eigenvalue weighted by Gasteiger charge is 2.16. The van der Waals surface area contributed by atoms with Crippen molar-refractivity contribution in [2.45, 2.75) is 0 Å². The van der Waals surface area contributed by atoms with Gasteiger partial charge in [-0.2, -0.15) is 0 Å². The van der Waals surface area contributed by atoms with Crippen LogP contribution in [0.5, 0.6) is 34.5 Å². The summed E-state index contributed by atoms with van der Waals surface area (Å²) in [5.41, 5.74) is 0.776. The van der Waals surface area contributed by atoms with Gasteiger partial charge >= 0.3 is 17.9 Å². The van der Waals surface area contributed by atoms with Crippen molar-refractivity contribution < 1.29 is 49.0 Å². The maximum atomic E-state index is 12.3. The molecule has 0 saturated heterocycles. The Hall–Kier alpha value is -5.25. The zero-order valence-electron chi connectivity index (χ0n) is 18.7. The zero-order valence-corrected chi connectivity index (χ0v) is 18.7. The largest absolute Gasteiger partial charge is 0.504 e. The molecule has 0 heterocycles. The molecule has 0 saturated carbocycles. The molecule has 0 fully saturated rings. The van der Waals surface area contributed by atoms with Crippen LogP contribution in [0.3, 0.4) is 0 Å². The molecule has 0 unspecified atom stereocenters. The molecule has 0 atom stereocenters. The van der Waals surface area contributed by atoms with Crippen molar-refractivity contribution in [2.24, 2.45) is 0 Å². The van der Waals surface area contributed by atoms with E-state index in [9.17, 15) is 34.8 Å². The lowest BCUT2D eigenvalue weighted by Crippen LogP contribution is -2.11. The first-order chi connectivity index (χ1) is 17.2. The average molecular weight is 492 g/mol. The summed E-state index contributed by atoms with van der Waals surface area (Å²) in [6.45, 7) is 0. The average Bonchev–Trinajstić information content (AvgIpc) is 2.85. The van der Waals surface area contributed by atoms with Crippen LogP contribution in [0.2, 0.25) is 0 Å². The van der Waals surface area contributed by atoms with Gasteiger partial charge in [0.05, 0.1) is 12.7 Å². The van der Waals surface area contributed by atoms with E-state index in [1.165, 1.54) is 73.9 Å². The summed E-state index contributed by atoms with van der Waals surface area (Å²) in [5.74, 6) is -4.06. The Labute approximate surface area is 204 Å². The molecule has 3 aromatic rings. The molecule has 4 N–H and O–H groups in total. The topological polar surface area (TPSA) is 160 Å². The first-order valence-electron chi connectivity index (χ1n) is 10.2. The Kier molecular flexibility index (Phi) is 7.93. The highest BCUT2D eigenvalue weighted by Crippen LogP contribution is 2.29. The van der Waals surface area contributed by atoms with Gasteiger partial charge in [0.25, 0.3) is 0 Å². The summed E-state index contributed by atoms with van der Waals surface area (Å²) in [6, 6.07) is 11.7. The Morgan fingerprint density at radius 3 is 1.75 bits per heavy atom. The van der Waals surface area contributed by atoms with Gasteiger partial charge in [-0.3, -0.25) is 0 Å². The Morgan fingerprint density at radius 1 is 0.667 bits per heavy atom. The Bertz CT molecular complexity index is 1370. The molecular formula is C26H20O10. The predicted octanol–water partition coefficient (Wildman–Crippen LogP) is 3.53. The van der Waals surface area contributed by atoms with E-state index in [0.29, 0.717) is 11.1 Å². The van der Waals surface area contributed by atoms with E-state index in [1.54, 1.807) is 0 Å². The van der Waals surface area contributed by atoms with Gasteiger partial charge in [0.2, 0.25) is 0 Å². The molecule has 0 aromatic heterocycles. The van der Waals surface area contributed by atoms with Crippen LogP contribution in [0.4, 0.5) is 0 Å². The lowest BCUT2D eigenvalue weighted by molar-refractivity contribution is -0.132. The molecule has 3 aromatic carbocycles. The van der Waals surface area contributed by atoms with Crippen molar-refractivity contribution in [1.82, 2.24) is 0 Å². The second-order valence-corrected chi connectivity index (χ2v) is 7.16. The van der Waals surface area contributed by atoms with Crippen LogP contribution in [0, 0.1) is 0 Å². The predicted molar refractivity (Wildman–Crippen MR) is 127 cm³/mol. The third kappa shape index (κ3) is 6.64. The number of hydrogen-bond donors (Lipinski definition) is 4. The molecule has 0 amide bonds. The zero-order chi connectivity index (χ0) is 26.2. The fourth-order valence-corrected chi connectivity index (χ4v) is 2.82. The van der Waals surface area contributed by atoms with Gasteiger partial charge in [-0.1, -0.05) is 12.1 Å². The van der Waals surface area contributed by atoms with Crippen LogP contribution in [-0.4, -0.2) is 45.4 Å². The SMILES string of the molecule is COc1cc(C(=O)OC(=O)/C=C/c2ccc(O)c(O)c2)ccc1OC(=O)/C=C/c1ccc(O)c(O)c1. The molecular weight excluding hydrogens is 472 g/mol. The molecule has 0 radical (unpaired) electrons. The lowest BCUT2D eigenvalue weighted by Gasteiger charge is -2.09. The quantitative estimate of drug-likeness (QED) is 0.126. The Morgan fingerprint density at radius 2 is 1.22 bits per heavy atom. The van der Waals surface area contributed by atoms with E-state index < -0.39 is 17.9 Å². The van der Waals surface area contributed by atoms with Gasteiger partial charge in [-0.05, 0) is 65.7 Å². The highest BCUT2D eigenvalue weighted by atomic mass is 16.6. The van der Waals surface area contributed by atoms with Crippen molar-refractivity contribution in [1.29, 1.82) is 0 Å². The van der Waals surface area contributed by atoms with E-state index >= 15 is 0 Å². The molecule has 36 heavy (non-hydrogen) atoms. The van der Waals surface area contributed by atoms with E-state index in [4.69, 9.17) is 14.2 Å². The first kappa shape index (κ1) is 25.4. The number of aromatic hydroxyl groups is 4. The molecule has 0 aliphatic heterocycles. The number of rotatable bonds is 7. The van der Waals surface area contributed by atoms with E-state index in [2.05, 4.69) is 0 Å². The van der Waals surface area contributed by atoms with Crippen molar-refractivity contribution >= 4 is 30.1 Å². The van der Waals surface area contributed by atoms with Crippen LogP contribution in [0.15, 0.2) is 66.7 Å².